The minimum atomic E-state index is -0.0113. The van der Waals surface area contributed by atoms with Crippen molar-refractivity contribution in [2.75, 3.05) is 26.7 Å². The van der Waals surface area contributed by atoms with Crippen LogP contribution in [0.3, 0.4) is 0 Å². The first-order chi connectivity index (χ1) is 10.2. The number of benzene rings is 1. The zero-order valence-corrected chi connectivity index (χ0v) is 13.9. The Morgan fingerprint density at radius 1 is 1.19 bits per heavy atom. The molecule has 0 atom stereocenters. The molecule has 0 saturated heterocycles. The Morgan fingerprint density at radius 2 is 1.90 bits per heavy atom. The maximum Gasteiger partial charge on any atom is 0.305 e. The number of aromatic nitrogens is 1. The lowest BCUT2D eigenvalue weighted by Crippen LogP contribution is -2.27. The van der Waals surface area contributed by atoms with E-state index in [2.05, 4.69) is 29.8 Å². The predicted molar refractivity (Wildman–Crippen MR) is 89.7 cm³/mol. The summed E-state index contributed by atoms with van der Waals surface area (Å²) in [4.78, 5) is 16.8. The lowest BCUT2D eigenvalue weighted by Gasteiger charge is -2.21. The molecular formula is C16H24N2O2S. The Kier molecular flexibility index (Phi) is 5.82. The van der Waals surface area contributed by atoms with Gasteiger partial charge in [0.1, 0.15) is 5.75 Å². The van der Waals surface area contributed by atoms with Crippen LogP contribution >= 0.6 is 11.3 Å². The first-order valence-corrected chi connectivity index (χ1v) is 8.41. The van der Waals surface area contributed by atoms with E-state index in [0.717, 1.165) is 42.0 Å². The summed E-state index contributed by atoms with van der Waals surface area (Å²) in [6.45, 7) is 7.73. The number of hydrogen-bond donors (Lipinski definition) is 1. The second-order valence-electron chi connectivity index (χ2n) is 5.27. The zero-order chi connectivity index (χ0) is 15.2. The molecule has 0 fully saturated rings. The number of methoxy groups -OCH3 is 1. The maximum absolute atomic E-state index is 11.5. The molecule has 0 aliphatic heterocycles. The largest absolute Gasteiger partial charge is 0.496 e. The number of H-pyrrole nitrogens is 1. The van der Waals surface area contributed by atoms with Crippen LogP contribution in [0.2, 0.25) is 0 Å². The number of hydrogen-bond acceptors (Lipinski definition) is 4. The van der Waals surface area contributed by atoms with Gasteiger partial charge in [0.15, 0.2) is 0 Å². The van der Waals surface area contributed by atoms with Gasteiger partial charge in [-0.2, -0.15) is 0 Å². The van der Waals surface area contributed by atoms with Gasteiger partial charge >= 0.3 is 4.87 Å². The molecule has 21 heavy (non-hydrogen) atoms. The molecule has 1 aromatic heterocycles. The van der Waals surface area contributed by atoms with Crippen molar-refractivity contribution in [3.8, 4) is 5.75 Å². The molecule has 2 rings (SSSR count). The fourth-order valence-corrected chi connectivity index (χ4v) is 3.43. The van der Waals surface area contributed by atoms with Gasteiger partial charge in [-0.15, -0.1) is 0 Å². The van der Waals surface area contributed by atoms with Crippen LogP contribution in [0.15, 0.2) is 16.9 Å². The fraction of sp³-hybridized carbons (Fsp3) is 0.562. The molecule has 0 radical (unpaired) electrons. The molecule has 5 heteroatoms. The van der Waals surface area contributed by atoms with Crippen LogP contribution in [0.5, 0.6) is 5.75 Å². The normalized spacial score (nSPS) is 11.4. The first kappa shape index (κ1) is 16.0. The second-order valence-corrected chi connectivity index (χ2v) is 6.28. The Morgan fingerprint density at radius 3 is 2.52 bits per heavy atom. The van der Waals surface area contributed by atoms with Crippen molar-refractivity contribution in [2.24, 2.45) is 0 Å². The van der Waals surface area contributed by atoms with Crippen molar-refractivity contribution in [3.05, 3.63) is 27.4 Å². The SMILES string of the molecule is CCCN(CCC)CCc1cc2sc(=O)[nH]c2cc1OC. The molecule has 4 nitrogen and oxygen atoms in total. The van der Waals surface area contributed by atoms with Gasteiger partial charge in [0, 0.05) is 12.6 Å². The summed E-state index contributed by atoms with van der Waals surface area (Å²) in [5.74, 6) is 0.865. The molecule has 1 heterocycles. The van der Waals surface area contributed by atoms with Gasteiger partial charge in [0.05, 0.1) is 17.3 Å². The van der Waals surface area contributed by atoms with Crippen LogP contribution in [-0.4, -0.2) is 36.6 Å². The summed E-state index contributed by atoms with van der Waals surface area (Å²) in [5, 5.41) is 0. The van der Waals surface area contributed by atoms with E-state index in [4.69, 9.17) is 4.74 Å². The van der Waals surface area contributed by atoms with Crippen molar-refractivity contribution in [1.82, 2.24) is 9.88 Å². The first-order valence-electron chi connectivity index (χ1n) is 7.60. The Labute approximate surface area is 129 Å². The van der Waals surface area contributed by atoms with Gasteiger partial charge in [0.2, 0.25) is 0 Å². The van der Waals surface area contributed by atoms with Crippen LogP contribution in [0.4, 0.5) is 0 Å². The maximum atomic E-state index is 11.5. The Hall–Kier alpha value is -1.33. The van der Waals surface area contributed by atoms with E-state index in [1.165, 1.54) is 29.7 Å². The molecule has 0 saturated carbocycles. The molecule has 0 unspecified atom stereocenters. The van der Waals surface area contributed by atoms with Gasteiger partial charge in [-0.3, -0.25) is 4.79 Å². The fourth-order valence-electron chi connectivity index (χ4n) is 2.65. The van der Waals surface area contributed by atoms with Crippen molar-refractivity contribution in [1.29, 1.82) is 0 Å². The minimum absolute atomic E-state index is 0.0113. The van der Waals surface area contributed by atoms with Crippen LogP contribution in [0.25, 0.3) is 10.2 Å². The topological polar surface area (TPSA) is 45.3 Å². The summed E-state index contributed by atoms with van der Waals surface area (Å²) in [5.41, 5.74) is 2.04. The zero-order valence-electron chi connectivity index (χ0n) is 13.1. The number of thiazole rings is 1. The molecular weight excluding hydrogens is 284 g/mol. The predicted octanol–water partition coefficient (Wildman–Crippen LogP) is 3.26. The summed E-state index contributed by atoms with van der Waals surface area (Å²) in [7, 11) is 1.69. The molecule has 0 amide bonds. The number of nitrogens with zero attached hydrogens (tertiary/aromatic N) is 1. The number of fused-ring (bicyclic) bond motifs is 1. The van der Waals surface area contributed by atoms with Gasteiger partial charge in [-0.1, -0.05) is 25.2 Å². The van der Waals surface area contributed by atoms with Gasteiger partial charge in [-0.25, -0.2) is 0 Å². The highest BCUT2D eigenvalue weighted by Crippen LogP contribution is 2.26. The van der Waals surface area contributed by atoms with E-state index in [-0.39, 0.29) is 4.87 Å². The third-order valence-corrected chi connectivity index (χ3v) is 4.44. The molecule has 1 N–H and O–H groups in total. The van der Waals surface area contributed by atoms with E-state index in [9.17, 15) is 4.79 Å². The quantitative estimate of drug-likeness (QED) is 0.814. The molecule has 1 aromatic carbocycles. The van der Waals surface area contributed by atoms with E-state index in [1.807, 2.05) is 6.07 Å². The highest BCUT2D eigenvalue weighted by molar-refractivity contribution is 7.16. The summed E-state index contributed by atoms with van der Waals surface area (Å²) >= 11 is 1.26. The van der Waals surface area contributed by atoms with Gasteiger partial charge in [-0.05, 0) is 44.0 Å². The Bertz CT molecular complexity index is 627. The minimum Gasteiger partial charge on any atom is -0.496 e. The highest BCUT2D eigenvalue weighted by Gasteiger charge is 2.10. The third-order valence-electron chi connectivity index (χ3n) is 3.60. The monoisotopic (exact) mass is 308 g/mol. The van der Waals surface area contributed by atoms with E-state index < -0.39 is 0 Å². The van der Waals surface area contributed by atoms with Gasteiger partial charge < -0.3 is 14.6 Å². The Balaban J connectivity index is 2.17. The van der Waals surface area contributed by atoms with Crippen LogP contribution in [-0.2, 0) is 6.42 Å². The van der Waals surface area contributed by atoms with Crippen molar-refractivity contribution in [3.63, 3.8) is 0 Å². The summed E-state index contributed by atoms with van der Waals surface area (Å²) in [6.07, 6.45) is 3.30. The molecule has 2 aromatic rings. The average Bonchev–Trinajstić information content (AvgIpc) is 2.83. The standard InChI is InChI=1S/C16H24N2O2S/c1-4-7-18(8-5-2)9-6-12-10-15-13(11-14(12)20-3)17-16(19)21-15/h10-11H,4-9H2,1-3H3,(H,17,19). The number of rotatable bonds is 8. The number of nitrogens with one attached hydrogen (secondary N) is 1. The van der Waals surface area contributed by atoms with Crippen molar-refractivity contribution in [2.45, 2.75) is 33.1 Å². The van der Waals surface area contributed by atoms with E-state index in [1.54, 1.807) is 7.11 Å². The van der Waals surface area contributed by atoms with Gasteiger partial charge in [0.25, 0.3) is 0 Å². The lowest BCUT2D eigenvalue weighted by atomic mass is 10.1. The van der Waals surface area contributed by atoms with Crippen LogP contribution in [0.1, 0.15) is 32.3 Å². The van der Waals surface area contributed by atoms with E-state index >= 15 is 0 Å². The smallest absolute Gasteiger partial charge is 0.305 e. The third kappa shape index (κ3) is 4.08. The average molecular weight is 308 g/mol. The lowest BCUT2D eigenvalue weighted by molar-refractivity contribution is 0.277. The molecule has 116 valence electrons. The van der Waals surface area contributed by atoms with Crippen molar-refractivity contribution < 1.29 is 4.74 Å². The molecule has 0 bridgehead atoms. The summed E-state index contributed by atoms with van der Waals surface area (Å²) < 4.78 is 6.49. The van der Waals surface area contributed by atoms with E-state index in [0.29, 0.717) is 0 Å². The molecule has 0 aliphatic carbocycles. The van der Waals surface area contributed by atoms with Crippen molar-refractivity contribution >= 4 is 21.6 Å². The number of ether oxygens (including phenoxy) is 1. The second kappa shape index (κ2) is 7.61. The highest BCUT2D eigenvalue weighted by atomic mass is 32.1. The molecule has 0 spiro atoms. The van der Waals surface area contributed by atoms with Crippen LogP contribution < -0.4 is 9.61 Å². The molecule has 0 aliphatic rings. The summed E-state index contributed by atoms with van der Waals surface area (Å²) in [6, 6.07) is 4.03. The van der Waals surface area contributed by atoms with Crippen LogP contribution in [0, 0.1) is 0 Å². The number of aromatic amines is 1.